The van der Waals surface area contributed by atoms with Crippen LogP contribution in [0.3, 0.4) is 0 Å². The van der Waals surface area contributed by atoms with Crippen LogP contribution in [0, 0.1) is 0 Å². The lowest BCUT2D eigenvalue weighted by Crippen LogP contribution is -2.20. The fourth-order valence-electron chi connectivity index (χ4n) is 1.72. The molecule has 1 atom stereocenters. The molecule has 0 spiro atoms. The summed E-state index contributed by atoms with van der Waals surface area (Å²) in [5.41, 5.74) is 0. The Morgan fingerprint density at radius 3 is 3.00 bits per heavy atom. The van der Waals surface area contributed by atoms with Crippen molar-refractivity contribution in [2.45, 2.75) is 26.0 Å². The van der Waals surface area contributed by atoms with Crippen LogP contribution in [0.2, 0.25) is 4.34 Å². The molecule has 0 bridgehead atoms. The van der Waals surface area contributed by atoms with E-state index in [1.807, 2.05) is 18.2 Å². The second kappa shape index (κ2) is 7.70. The van der Waals surface area contributed by atoms with Crippen molar-refractivity contribution < 1.29 is 9.15 Å². The van der Waals surface area contributed by atoms with E-state index in [2.05, 4.69) is 18.3 Å². The predicted octanol–water partition coefficient (Wildman–Crippen LogP) is 4.25. The lowest BCUT2D eigenvalue weighted by Gasteiger charge is -2.11. The number of thiophene rings is 1. The van der Waals surface area contributed by atoms with Gasteiger partial charge in [-0.15, -0.1) is 11.3 Å². The van der Waals surface area contributed by atoms with Crippen molar-refractivity contribution in [2.24, 2.45) is 0 Å². The number of hydrogen-bond donors (Lipinski definition) is 1. The van der Waals surface area contributed by atoms with E-state index in [9.17, 15) is 0 Å². The highest BCUT2D eigenvalue weighted by Crippen LogP contribution is 2.26. The molecule has 104 valence electrons. The predicted molar refractivity (Wildman–Crippen MR) is 78.7 cm³/mol. The molecule has 0 saturated heterocycles. The fraction of sp³-hybridized carbons (Fsp3) is 0.429. The topological polar surface area (TPSA) is 34.4 Å². The van der Waals surface area contributed by atoms with E-state index in [0.29, 0.717) is 12.6 Å². The SMILES string of the molecule is CC(NCCCOCc1ccco1)c1ccc(Cl)s1. The van der Waals surface area contributed by atoms with Crippen LogP contribution in [-0.4, -0.2) is 13.2 Å². The van der Waals surface area contributed by atoms with Gasteiger partial charge in [0.2, 0.25) is 0 Å². The number of rotatable bonds is 8. The number of nitrogens with one attached hydrogen (secondary N) is 1. The Balaban J connectivity index is 1.54. The van der Waals surface area contributed by atoms with E-state index >= 15 is 0 Å². The first-order valence-corrected chi connectivity index (χ1v) is 7.54. The summed E-state index contributed by atoms with van der Waals surface area (Å²) in [5, 5.41) is 3.45. The van der Waals surface area contributed by atoms with Gasteiger partial charge in [0.1, 0.15) is 12.4 Å². The summed E-state index contributed by atoms with van der Waals surface area (Å²) in [6.07, 6.45) is 2.64. The third-order valence-corrected chi connectivity index (χ3v) is 4.18. The highest BCUT2D eigenvalue weighted by molar-refractivity contribution is 7.16. The zero-order valence-electron chi connectivity index (χ0n) is 10.9. The highest BCUT2D eigenvalue weighted by atomic mass is 35.5. The van der Waals surface area contributed by atoms with Gasteiger partial charge >= 0.3 is 0 Å². The number of halogens is 1. The molecule has 0 aliphatic rings. The van der Waals surface area contributed by atoms with Gasteiger partial charge in [-0.05, 0) is 44.2 Å². The Morgan fingerprint density at radius 2 is 2.32 bits per heavy atom. The third-order valence-electron chi connectivity index (χ3n) is 2.76. The average molecular weight is 300 g/mol. The first-order valence-electron chi connectivity index (χ1n) is 6.34. The molecule has 1 N–H and O–H groups in total. The van der Waals surface area contributed by atoms with Crippen LogP contribution in [-0.2, 0) is 11.3 Å². The van der Waals surface area contributed by atoms with Gasteiger partial charge in [-0.3, -0.25) is 0 Å². The molecule has 2 rings (SSSR count). The van der Waals surface area contributed by atoms with Gasteiger partial charge in [-0.1, -0.05) is 11.6 Å². The fourth-order valence-corrected chi connectivity index (χ4v) is 2.81. The molecule has 5 heteroatoms. The van der Waals surface area contributed by atoms with Gasteiger partial charge in [0.15, 0.2) is 0 Å². The zero-order valence-corrected chi connectivity index (χ0v) is 12.5. The second-order valence-electron chi connectivity index (χ2n) is 4.30. The average Bonchev–Trinajstić information content (AvgIpc) is 3.04. The number of furan rings is 1. The van der Waals surface area contributed by atoms with Gasteiger partial charge in [-0.2, -0.15) is 0 Å². The largest absolute Gasteiger partial charge is 0.467 e. The van der Waals surface area contributed by atoms with Crippen LogP contribution < -0.4 is 5.32 Å². The lowest BCUT2D eigenvalue weighted by atomic mass is 10.2. The van der Waals surface area contributed by atoms with Gasteiger partial charge in [0.05, 0.1) is 10.6 Å². The molecule has 2 aromatic heterocycles. The molecule has 2 aromatic rings. The Labute approximate surface area is 122 Å². The maximum Gasteiger partial charge on any atom is 0.129 e. The van der Waals surface area contributed by atoms with Crippen molar-refractivity contribution in [3.05, 3.63) is 45.5 Å². The van der Waals surface area contributed by atoms with Gasteiger partial charge in [-0.25, -0.2) is 0 Å². The van der Waals surface area contributed by atoms with Crippen molar-refractivity contribution in [3.63, 3.8) is 0 Å². The van der Waals surface area contributed by atoms with Crippen LogP contribution in [0.15, 0.2) is 34.9 Å². The molecule has 0 amide bonds. The Bertz CT molecular complexity index is 470. The van der Waals surface area contributed by atoms with E-state index in [-0.39, 0.29) is 0 Å². The molecule has 3 nitrogen and oxygen atoms in total. The van der Waals surface area contributed by atoms with E-state index in [0.717, 1.165) is 29.7 Å². The molecule has 0 aliphatic carbocycles. The summed E-state index contributed by atoms with van der Waals surface area (Å²) in [6.45, 7) is 4.34. The van der Waals surface area contributed by atoms with Gasteiger partial charge in [0, 0.05) is 17.5 Å². The Morgan fingerprint density at radius 1 is 1.42 bits per heavy atom. The molecule has 1 unspecified atom stereocenters. The van der Waals surface area contributed by atoms with E-state index in [1.165, 1.54) is 4.88 Å². The summed E-state index contributed by atoms with van der Waals surface area (Å²) in [5.74, 6) is 0.870. The molecule has 0 aliphatic heterocycles. The van der Waals surface area contributed by atoms with Gasteiger partial charge in [0.25, 0.3) is 0 Å². The van der Waals surface area contributed by atoms with Gasteiger partial charge < -0.3 is 14.5 Å². The summed E-state index contributed by atoms with van der Waals surface area (Å²) in [6, 6.07) is 8.13. The Hall–Kier alpha value is -0.810. The summed E-state index contributed by atoms with van der Waals surface area (Å²) in [7, 11) is 0. The van der Waals surface area contributed by atoms with E-state index < -0.39 is 0 Å². The molecular weight excluding hydrogens is 282 g/mol. The van der Waals surface area contributed by atoms with E-state index in [1.54, 1.807) is 17.6 Å². The first kappa shape index (κ1) is 14.6. The van der Waals surface area contributed by atoms with Crippen LogP contribution in [0.4, 0.5) is 0 Å². The summed E-state index contributed by atoms with van der Waals surface area (Å²) >= 11 is 7.54. The van der Waals surface area contributed by atoms with Crippen molar-refractivity contribution in [1.29, 1.82) is 0 Å². The van der Waals surface area contributed by atoms with Crippen LogP contribution >= 0.6 is 22.9 Å². The summed E-state index contributed by atoms with van der Waals surface area (Å²) in [4.78, 5) is 1.27. The molecule has 0 radical (unpaired) electrons. The summed E-state index contributed by atoms with van der Waals surface area (Å²) < 4.78 is 11.5. The van der Waals surface area contributed by atoms with Crippen LogP contribution in [0.5, 0.6) is 0 Å². The van der Waals surface area contributed by atoms with E-state index in [4.69, 9.17) is 20.8 Å². The second-order valence-corrected chi connectivity index (χ2v) is 6.05. The molecular formula is C14H18ClNO2S. The van der Waals surface area contributed by atoms with Crippen molar-refractivity contribution in [3.8, 4) is 0 Å². The maximum absolute atomic E-state index is 5.92. The monoisotopic (exact) mass is 299 g/mol. The zero-order chi connectivity index (χ0) is 13.5. The first-order chi connectivity index (χ1) is 9.25. The standard InChI is InChI=1S/C14H18ClNO2S/c1-11(13-5-6-14(15)19-13)16-7-3-8-17-10-12-4-2-9-18-12/h2,4-6,9,11,16H,3,7-8,10H2,1H3. The van der Waals surface area contributed by atoms with Crippen LogP contribution in [0.25, 0.3) is 0 Å². The van der Waals surface area contributed by atoms with Crippen LogP contribution in [0.1, 0.15) is 30.0 Å². The van der Waals surface area contributed by atoms with Crippen molar-refractivity contribution in [1.82, 2.24) is 5.32 Å². The smallest absolute Gasteiger partial charge is 0.129 e. The number of hydrogen-bond acceptors (Lipinski definition) is 4. The third kappa shape index (κ3) is 4.99. The maximum atomic E-state index is 5.92. The normalized spacial score (nSPS) is 12.7. The van der Waals surface area contributed by atoms with Crippen molar-refractivity contribution >= 4 is 22.9 Å². The number of ether oxygens (including phenoxy) is 1. The molecule has 0 fully saturated rings. The highest BCUT2D eigenvalue weighted by Gasteiger charge is 2.06. The molecule has 0 aromatic carbocycles. The Kier molecular flexibility index (Phi) is 5.92. The lowest BCUT2D eigenvalue weighted by molar-refractivity contribution is 0.104. The molecule has 0 saturated carbocycles. The minimum absolute atomic E-state index is 0.336. The molecule has 19 heavy (non-hydrogen) atoms. The van der Waals surface area contributed by atoms with Crippen molar-refractivity contribution in [2.75, 3.05) is 13.2 Å². The minimum Gasteiger partial charge on any atom is -0.467 e. The quantitative estimate of drug-likeness (QED) is 0.740. The minimum atomic E-state index is 0.336. The molecule has 2 heterocycles.